The quantitative estimate of drug-likeness (QED) is 0.599. The Balaban J connectivity index is 1.82. The molecule has 0 radical (unpaired) electrons. The third-order valence-corrected chi connectivity index (χ3v) is 2.65. The Bertz CT molecular complexity index is 140. The van der Waals surface area contributed by atoms with Gasteiger partial charge in [0.05, 0.1) is 12.8 Å². The first kappa shape index (κ1) is 9.40. The number of nitrogens with zero attached hydrogens (tertiary/aromatic N) is 1. The van der Waals surface area contributed by atoms with Gasteiger partial charge in [0.2, 0.25) is 0 Å². The van der Waals surface area contributed by atoms with Crippen molar-refractivity contribution in [3.63, 3.8) is 0 Å². The summed E-state index contributed by atoms with van der Waals surface area (Å²) in [6.45, 7) is 5.08. The van der Waals surface area contributed by atoms with Gasteiger partial charge in [-0.2, -0.15) is 5.06 Å². The Morgan fingerprint density at radius 3 is 3.00 bits per heavy atom. The monoisotopic (exact) mass is 185 g/mol. The fourth-order valence-electron chi connectivity index (χ4n) is 1.88. The minimum Gasteiger partial charge on any atom is -0.312 e. The smallest absolute Gasteiger partial charge is 0.0969 e. The van der Waals surface area contributed by atoms with E-state index in [1.807, 2.05) is 0 Å². The highest BCUT2D eigenvalue weighted by molar-refractivity contribution is 4.73. The molecule has 4 nitrogen and oxygen atoms in total. The Morgan fingerprint density at radius 2 is 2.15 bits per heavy atom. The standard InChI is InChI=1S/C9H19N3O/c1-2-6-12(13-7-3-1)9-8-10-4-5-11-9/h9-11H,1-8H2. The van der Waals surface area contributed by atoms with Crippen LogP contribution in [0.5, 0.6) is 0 Å². The second-order valence-corrected chi connectivity index (χ2v) is 3.71. The first-order valence-electron chi connectivity index (χ1n) is 5.30. The molecule has 2 fully saturated rings. The average molecular weight is 185 g/mol. The summed E-state index contributed by atoms with van der Waals surface area (Å²) in [7, 11) is 0. The fourth-order valence-corrected chi connectivity index (χ4v) is 1.88. The molecule has 0 saturated carbocycles. The van der Waals surface area contributed by atoms with E-state index < -0.39 is 0 Å². The van der Waals surface area contributed by atoms with Crippen molar-refractivity contribution in [3.05, 3.63) is 0 Å². The van der Waals surface area contributed by atoms with Crippen LogP contribution in [0.2, 0.25) is 0 Å². The van der Waals surface area contributed by atoms with Gasteiger partial charge in [-0.15, -0.1) is 0 Å². The summed E-state index contributed by atoms with van der Waals surface area (Å²) in [4.78, 5) is 5.67. The van der Waals surface area contributed by atoms with Crippen molar-refractivity contribution in [1.82, 2.24) is 15.7 Å². The lowest BCUT2D eigenvalue weighted by Crippen LogP contribution is -2.57. The normalized spacial score (nSPS) is 32.8. The molecule has 2 N–H and O–H groups in total. The summed E-state index contributed by atoms with van der Waals surface area (Å²) in [6, 6.07) is 0. The van der Waals surface area contributed by atoms with Gasteiger partial charge in [0, 0.05) is 26.2 Å². The zero-order chi connectivity index (χ0) is 8.93. The van der Waals surface area contributed by atoms with E-state index in [4.69, 9.17) is 4.84 Å². The largest absolute Gasteiger partial charge is 0.312 e. The summed E-state index contributed by atoms with van der Waals surface area (Å²) >= 11 is 0. The molecule has 0 aliphatic carbocycles. The molecule has 0 aromatic heterocycles. The molecule has 2 aliphatic heterocycles. The van der Waals surface area contributed by atoms with Gasteiger partial charge >= 0.3 is 0 Å². The molecule has 0 amide bonds. The molecular formula is C9H19N3O. The van der Waals surface area contributed by atoms with Gasteiger partial charge in [0.25, 0.3) is 0 Å². The van der Waals surface area contributed by atoms with Gasteiger partial charge in [-0.05, 0) is 19.3 Å². The predicted octanol–water partition coefficient (Wildman–Crippen LogP) is -0.0772. The molecule has 0 aromatic carbocycles. The molecule has 0 spiro atoms. The first-order valence-corrected chi connectivity index (χ1v) is 5.30. The van der Waals surface area contributed by atoms with Gasteiger partial charge in [-0.25, -0.2) is 0 Å². The summed E-state index contributed by atoms with van der Waals surface area (Å²) in [5.74, 6) is 0. The molecule has 76 valence electrons. The molecule has 2 saturated heterocycles. The highest BCUT2D eigenvalue weighted by Gasteiger charge is 2.21. The summed E-state index contributed by atoms with van der Waals surface area (Å²) < 4.78 is 0. The number of hydrogen-bond acceptors (Lipinski definition) is 4. The van der Waals surface area contributed by atoms with Crippen molar-refractivity contribution in [2.75, 3.05) is 32.8 Å². The van der Waals surface area contributed by atoms with Crippen LogP contribution in [0, 0.1) is 0 Å². The lowest BCUT2D eigenvalue weighted by atomic mass is 10.2. The van der Waals surface area contributed by atoms with Crippen molar-refractivity contribution in [3.8, 4) is 0 Å². The zero-order valence-corrected chi connectivity index (χ0v) is 8.09. The second-order valence-electron chi connectivity index (χ2n) is 3.71. The number of hydrogen-bond donors (Lipinski definition) is 2. The molecule has 4 heteroatoms. The van der Waals surface area contributed by atoms with Crippen molar-refractivity contribution >= 4 is 0 Å². The third kappa shape index (κ3) is 2.64. The lowest BCUT2D eigenvalue weighted by molar-refractivity contribution is -0.187. The molecule has 0 aromatic rings. The number of piperazine rings is 1. The van der Waals surface area contributed by atoms with Gasteiger partial charge in [-0.3, -0.25) is 10.2 Å². The van der Waals surface area contributed by atoms with Gasteiger partial charge < -0.3 is 5.32 Å². The molecule has 0 bridgehead atoms. The van der Waals surface area contributed by atoms with E-state index >= 15 is 0 Å². The van der Waals surface area contributed by atoms with Crippen LogP contribution >= 0.6 is 0 Å². The molecule has 13 heavy (non-hydrogen) atoms. The molecule has 2 aliphatic rings. The minimum absolute atomic E-state index is 0.381. The van der Waals surface area contributed by atoms with E-state index in [0.29, 0.717) is 6.17 Å². The first-order chi connectivity index (χ1) is 6.47. The highest BCUT2D eigenvalue weighted by atomic mass is 16.7. The van der Waals surface area contributed by atoms with Gasteiger partial charge in [0.15, 0.2) is 0 Å². The Labute approximate surface area is 79.6 Å². The van der Waals surface area contributed by atoms with E-state index in [-0.39, 0.29) is 0 Å². The Morgan fingerprint density at radius 1 is 1.15 bits per heavy atom. The van der Waals surface area contributed by atoms with Crippen LogP contribution in [0.15, 0.2) is 0 Å². The Kier molecular flexibility index (Phi) is 3.55. The molecule has 2 heterocycles. The van der Waals surface area contributed by atoms with Crippen molar-refractivity contribution < 1.29 is 4.84 Å². The summed E-state index contributed by atoms with van der Waals surface area (Å²) in [5, 5.41) is 8.93. The highest BCUT2D eigenvalue weighted by Crippen LogP contribution is 2.09. The zero-order valence-electron chi connectivity index (χ0n) is 8.09. The van der Waals surface area contributed by atoms with Crippen molar-refractivity contribution in [1.29, 1.82) is 0 Å². The van der Waals surface area contributed by atoms with Gasteiger partial charge in [-0.1, -0.05) is 0 Å². The van der Waals surface area contributed by atoms with E-state index in [2.05, 4.69) is 15.7 Å². The van der Waals surface area contributed by atoms with Crippen LogP contribution in [0.4, 0.5) is 0 Å². The lowest BCUT2D eigenvalue weighted by Gasteiger charge is -2.33. The predicted molar refractivity (Wildman–Crippen MR) is 51.2 cm³/mol. The van der Waals surface area contributed by atoms with Crippen LogP contribution in [-0.2, 0) is 4.84 Å². The summed E-state index contributed by atoms with van der Waals surface area (Å²) in [5.41, 5.74) is 0. The molecule has 1 unspecified atom stereocenters. The molecular weight excluding hydrogens is 166 g/mol. The Hall–Kier alpha value is -0.160. The number of hydroxylamine groups is 2. The second kappa shape index (κ2) is 4.91. The van der Waals surface area contributed by atoms with E-state index in [1.165, 1.54) is 19.3 Å². The average Bonchev–Trinajstić information content (AvgIpc) is 2.47. The third-order valence-electron chi connectivity index (χ3n) is 2.65. The van der Waals surface area contributed by atoms with Crippen LogP contribution in [0.3, 0.4) is 0 Å². The minimum atomic E-state index is 0.381. The van der Waals surface area contributed by atoms with E-state index in [0.717, 1.165) is 32.8 Å². The maximum atomic E-state index is 5.67. The maximum Gasteiger partial charge on any atom is 0.0969 e. The van der Waals surface area contributed by atoms with Crippen LogP contribution in [0.25, 0.3) is 0 Å². The van der Waals surface area contributed by atoms with Crippen molar-refractivity contribution in [2.24, 2.45) is 0 Å². The number of nitrogens with one attached hydrogen (secondary N) is 2. The van der Waals surface area contributed by atoms with E-state index in [1.54, 1.807) is 0 Å². The number of rotatable bonds is 1. The van der Waals surface area contributed by atoms with Gasteiger partial charge in [0.1, 0.15) is 0 Å². The maximum absolute atomic E-state index is 5.67. The van der Waals surface area contributed by atoms with Crippen LogP contribution in [-0.4, -0.2) is 44.0 Å². The van der Waals surface area contributed by atoms with Crippen molar-refractivity contribution in [2.45, 2.75) is 25.4 Å². The summed E-state index contributed by atoms with van der Waals surface area (Å²) in [6.07, 6.45) is 4.15. The van der Waals surface area contributed by atoms with Crippen LogP contribution < -0.4 is 10.6 Å². The topological polar surface area (TPSA) is 36.5 Å². The molecule has 2 rings (SSSR count). The SMILES string of the molecule is C1CCON(C2CNCCN2)CC1. The van der Waals surface area contributed by atoms with Crippen LogP contribution in [0.1, 0.15) is 19.3 Å². The fraction of sp³-hybridized carbons (Fsp3) is 1.00. The molecule has 1 atom stereocenters. The van der Waals surface area contributed by atoms with E-state index in [9.17, 15) is 0 Å².